The summed E-state index contributed by atoms with van der Waals surface area (Å²) in [6, 6.07) is 42.3. The fraction of sp³-hybridized carbons (Fsp3) is 0.118. The molecule has 0 atom stereocenters. The minimum atomic E-state index is 0.140. The van der Waals surface area contributed by atoms with Crippen LogP contribution in [0.25, 0.3) is 54.6 Å². The van der Waals surface area contributed by atoms with Gasteiger partial charge in [0.05, 0.1) is 0 Å². The van der Waals surface area contributed by atoms with Crippen LogP contribution < -0.4 is 0 Å². The van der Waals surface area contributed by atoms with Crippen molar-refractivity contribution in [2.75, 3.05) is 0 Å². The van der Waals surface area contributed by atoms with E-state index in [1.807, 2.05) is 0 Å². The van der Waals surface area contributed by atoms with E-state index in [4.69, 9.17) is 0 Å². The first-order chi connectivity index (χ1) is 16.5. The van der Waals surface area contributed by atoms with Crippen LogP contribution in [0.4, 0.5) is 0 Å². The molecule has 0 N–H and O–H groups in total. The van der Waals surface area contributed by atoms with Gasteiger partial charge in [-0.15, -0.1) is 0 Å². The van der Waals surface area contributed by atoms with Gasteiger partial charge < -0.3 is 0 Å². The molecule has 0 nitrogen and oxygen atoms in total. The molecule has 6 aromatic carbocycles. The summed E-state index contributed by atoms with van der Waals surface area (Å²) >= 11 is 0. The molecule has 6 aromatic rings. The number of benzene rings is 6. The third kappa shape index (κ3) is 3.30. The van der Waals surface area contributed by atoms with Crippen LogP contribution in [0.2, 0.25) is 0 Å². The Morgan fingerprint density at radius 2 is 0.882 bits per heavy atom. The molecule has 0 aliphatic carbocycles. The maximum absolute atomic E-state index is 2.30. The van der Waals surface area contributed by atoms with E-state index in [-0.39, 0.29) is 5.41 Å². The molecule has 0 unspecified atom stereocenters. The highest BCUT2D eigenvalue weighted by atomic mass is 14.2. The van der Waals surface area contributed by atoms with Gasteiger partial charge in [0, 0.05) is 0 Å². The summed E-state index contributed by atoms with van der Waals surface area (Å²) in [7, 11) is 0. The van der Waals surface area contributed by atoms with E-state index in [9.17, 15) is 0 Å². The van der Waals surface area contributed by atoms with Gasteiger partial charge in [-0.05, 0) is 65.5 Å². The molecular formula is C34H28. The lowest BCUT2D eigenvalue weighted by Crippen LogP contribution is -2.10. The first kappa shape index (κ1) is 20.7. The molecule has 0 saturated heterocycles. The van der Waals surface area contributed by atoms with Gasteiger partial charge in [-0.25, -0.2) is 0 Å². The van der Waals surface area contributed by atoms with Crippen LogP contribution in [-0.2, 0) is 5.41 Å². The van der Waals surface area contributed by atoms with Crippen molar-refractivity contribution >= 4 is 32.3 Å². The van der Waals surface area contributed by atoms with E-state index in [0.29, 0.717) is 0 Å². The highest BCUT2D eigenvalue weighted by Gasteiger charge is 2.18. The van der Waals surface area contributed by atoms with Crippen molar-refractivity contribution in [1.29, 1.82) is 0 Å². The summed E-state index contributed by atoms with van der Waals surface area (Å²) in [6.07, 6.45) is 0. The molecule has 0 saturated carbocycles. The predicted molar refractivity (Wildman–Crippen MR) is 149 cm³/mol. The van der Waals surface area contributed by atoms with Crippen LogP contribution in [0.5, 0.6) is 0 Å². The lowest BCUT2D eigenvalue weighted by Gasteiger charge is -2.21. The zero-order valence-electron chi connectivity index (χ0n) is 20.0. The molecule has 0 fully saturated rings. The quantitative estimate of drug-likeness (QED) is 0.237. The zero-order chi connectivity index (χ0) is 23.3. The minimum Gasteiger partial charge on any atom is -0.0616 e. The van der Waals surface area contributed by atoms with Crippen molar-refractivity contribution in [2.45, 2.75) is 26.2 Å². The number of rotatable bonds is 2. The van der Waals surface area contributed by atoms with Crippen molar-refractivity contribution in [3.63, 3.8) is 0 Å². The standard InChI is InChI=1S/C34H28/c1-34(2,3)25-21-19-24(20-22-25)32-28-14-6-8-16-30(28)33(31-17-9-7-15-29(31)32)27-18-10-12-23-11-4-5-13-26(23)27/h4-22H,1-3H3. The minimum absolute atomic E-state index is 0.140. The average molecular weight is 437 g/mol. The largest absolute Gasteiger partial charge is 0.0616 e. The van der Waals surface area contributed by atoms with E-state index < -0.39 is 0 Å². The van der Waals surface area contributed by atoms with Gasteiger partial charge in [-0.1, -0.05) is 136 Å². The van der Waals surface area contributed by atoms with Crippen LogP contribution in [0, 0.1) is 0 Å². The van der Waals surface area contributed by atoms with Gasteiger partial charge in [0.2, 0.25) is 0 Å². The first-order valence-electron chi connectivity index (χ1n) is 12.0. The fourth-order valence-corrected chi connectivity index (χ4v) is 5.31. The van der Waals surface area contributed by atoms with Crippen molar-refractivity contribution in [3.05, 3.63) is 121 Å². The van der Waals surface area contributed by atoms with Crippen molar-refractivity contribution in [1.82, 2.24) is 0 Å². The molecule has 0 heterocycles. The SMILES string of the molecule is CC(C)(C)c1ccc(-c2c3ccccc3c(-c3cccc4ccccc34)c3ccccc23)cc1. The summed E-state index contributed by atoms with van der Waals surface area (Å²) < 4.78 is 0. The lowest BCUT2D eigenvalue weighted by atomic mass is 9.83. The Morgan fingerprint density at radius 1 is 0.412 bits per heavy atom. The molecule has 0 heteroatoms. The summed E-state index contributed by atoms with van der Waals surface area (Å²) in [4.78, 5) is 0. The molecule has 164 valence electrons. The average Bonchev–Trinajstić information content (AvgIpc) is 2.86. The topological polar surface area (TPSA) is 0 Å². The van der Waals surface area contributed by atoms with Crippen LogP contribution in [0.15, 0.2) is 115 Å². The van der Waals surface area contributed by atoms with Gasteiger partial charge in [0.15, 0.2) is 0 Å². The molecule has 0 radical (unpaired) electrons. The van der Waals surface area contributed by atoms with E-state index >= 15 is 0 Å². The Labute approximate surface area is 201 Å². The van der Waals surface area contributed by atoms with Gasteiger partial charge in [0.1, 0.15) is 0 Å². The zero-order valence-corrected chi connectivity index (χ0v) is 20.0. The van der Waals surface area contributed by atoms with E-state index in [1.165, 1.54) is 60.1 Å². The third-order valence-electron chi connectivity index (χ3n) is 7.03. The first-order valence-corrected chi connectivity index (χ1v) is 12.0. The van der Waals surface area contributed by atoms with E-state index in [1.54, 1.807) is 0 Å². The normalized spacial score (nSPS) is 12.0. The Hall–Kier alpha value is -3.90. The molecule has 0 aliphatic rings. The Balaban J connectivity index is 1.73. The summed E-state index contributed by atoms with van der Waals surface area (Å²) in [6.45, 7) is 6.81. The highest BCUT2D eigenvalue weighted by Crippen LogP contribution is 2.45. The Bertz CT molecular complexity index is 1600. The monoisotopic (exact) mass is 436 g/mol. The second-order valence-electron chi connectivity index (χ2n) is 10.2. The predicted octanol–water partition coefficient (Wildman–Crippen LogP) is 9.78. The van der Waals surface area contributed by atoms with Crippen LogP contribution in [0.3, 0.4) is 0 Å². The fourth-order valence-electron chi connectivity index (χ4n) is 5.31. The molecule has 0 spiro atoms. The van der Waals surface area contributed by atoms with Gasteiger partial charge in [-0.2, -0.15) is 0 Å². The van der Waals surface area contributed by atoms with Crippen molar-refractivity contribution in [2.24, 2.45) is 0 Å². The second-order valence-corrected chi connectivity index (χ2v) is 10.2. The van der Waals surface area contributed by atoms with Gasteiger partial charge in [0.25, 0.3) is 0 Å². The van der Waals surface area contributed by atoms with E-state index in [2.05, 4.69) is 136 Å². The van der Waals surface area contributed by atoms with Crippen LogP contribution in [0.1, 0.15) is 26.3 Å². The summed E-state index contributed by atoms with van der Waals surface area (Å²) in [5.74, 6) is 0. The number of hydrogen-bond acceptors (Lipinski definition) is 0. The van der Waals surface area contributed by atoms with Crippen LogP contribution >= 0.6 is 0 Å². The van der Waals surface area contributed by atoms with Crippen LogP contribution in [-0.4, -0.2) is 0 Å². The number of hydrogen-bond donors (Lipinski definition) is 0. The van der Waals surface area contributed by atoms with Crippen molar-refractivity contribution < 1.29 is 0 Å². The lowest BCUT2D eigenvalue weighted by molar-refractivity contribution is 0.590. The second kappa shape index (κ2) is 7.85. The van der Waals surface area contributed by atoms with Crippen molar-refractivity contribution in [3.8, 4) is 22.3 Å². The number of fused-ring (bicyclic) bond motifs is 3. The maximum atomic E-state index is 2.30. The molecule has 0 aromatic heterocycles. The summed E-state index contributed by atoms with van der Waals surface area (Å²) in [5, 5.41) is 7.76. The van der Waals surface area contributed by atoms with Gasteiger partial charge >= 0.3 is 0 Å². The Morgan fingerprint density at radius 3 is 1.44 bits per heavy atom. The Kier molecular flexibility index (Phi) is 4.78. The molecule has 0 bridgehead atoms. The molecule has 0 aliphatic heterocycles. The molecule has 34 heavy (non-hydrogen) atoms. The smallest absolute Gasteiger partial charge is 0.00201 e. The van der Waals surface area contributed by atoms with E-state index in [0.717, 1.165) is 0 Å². The van der Waals surface area contributed by atoms with Gasteiger partial charge in [-0.3, -0.25) is 0 Å². The summed E-state index contributed by atoms with van der Waals surface area (Å²) in [5.41, 5.74) is 6.69. The molecule has 6 rings (SSSR count). The third-order valence-corrected chi connectivity index (χ3v) is 7.03. The highest BCUT2D eigenvalue weighted by molar-refractivity contribution is 6.23. The maximum Gasteiger partial charge on any atom is -0.00201 e. The molecule has 0 amide bonds. The molecular weight excluding hydrogens is 408 g/mol.